The van der Waals surface area contributed by atoms with Crippen molar-refractivity contribution in [3.8, 4) is 11.3 Å². The van der Waals surface area contributed by atoms with Crippen molar-refractivity contribution in [1.82, 2.24) is 19.9 Å². The molecule has 1 atom stereocenters. The fraction of sp³-hybridized carbons (Fsp3) is 0.429. The first kappa shape index (κ1) is 25.5. The number of sulfonamides is 1. The number of rotatable bonds is 6. The van der Waals surface area contributed by atoms with Crippen molar-refractivity contribution in [2.45, 2.75) is 61.9 Å². The van der Waals surface area contributed by atoms with Gasteiger partial charge in [-0.25, -0.2) is 13.1 Å². The maximum atomic E-state index is 13.2. The summed E-state index contributed by atoms with van der Waals surface area (Å²) >= 11 is 0. The van der Waals surface area contributed by atoms with Gasteiger partial charge in [0.2, 0.25) is 21.8 Å². The minimum Gasteiger partial charge on any atom is -0.354 e. The summed E-state index contributed by atoms with van der Waals surface area (Å²) in [5.41, 5.74) is 2.95. The molecule has 2 fully saturated rings. The summed E-state index contributed by atoms with van der Waals surface area (Å²) in [5, 5.41) is 6.74. The molecule has 37 heavy (non-hydrogen) atoms. The van der Waals surface area contributed by atoms with Gasteiger partial charge in [0.1, 0.15) is 6.04 Å². The SMILES string of the molecule is Cn1c(-c2ccccc2)cc2ccc(S(=O)(=O)NC3CCC(C(=O)NC4CCCCNC4=O)CC3)cc21. The summed E-state index contributed by atoms with van der Waals surface area (Å²) in [7, 11) is -1.77. The van der Waals surface area contributed by atoms with Gasteiger partial charge in [-0.3, -0.25) is 9.59 Å². The van der Waals surface area contributed by atoms with Crippen molar-refractivity contribution in [3.63, 3.8) is 0 Å². The Morgan fingerprint density at radius 2 is 1.73 bits per heavy atom. The summed E-state index contributed by atoms with van der Waals surface area (Å²) in [4.78, 5) is 25.2. The van der Waals surface area contributed by atoms with Crippen LogP contribution in [0, 0.1) is 5.92 Å². The highest BCUT2D eigenvalue weighted by atomic mass is 32.2. The Kier molecular flexibility index (Phi) is 7.35. The number of carbonyl (C=O) groups excluding carboxylic acids is 2. The highest BCUT2D eigenvalue weighted by Crippen LogP contribution is 2.30. The molecule has 196 valence electrons. The van der Waals surface area contributed by atoms with Gasteiger partial charge in [0.15, 0.2) is 0 Å². The third-order valence-corrected chi connectivity index (χ3v) is 9.19. The maximum absolute atomic E-state index is 13.2. The van der Waals surface area contributed by atoms with Gasteiger partial charge in [-0.1, -0.05) is 36.4 Å². The lowest BCUT2D eigenvalue weighted by Gasteiger charge is -2.29. The molecule has 0 spiro atoms. The number of carbonyl (C=O) groups is 2. The first-order chi connectivity index (χ1) is 17.8. The summed E-state index contributed by atoms with van der Waals surface area (Å²) in [6, 6.07) is 16.6. The second kappa shape index (κ2) is 10.7. The predicted octanol–water partition coefficient (Wildman–Crippen LogP) is 3.47. The normalized spacial score (nSPS) is 22.8. The summed E-state index contributed by atoms with van der Waals surface area (Å²) in [6.45, 7) is 0.654. The second-order valence-corrected chi connectivity index (χ2v) is 11.9. The van der Waals surface area contributed by atoms with Crippen LogP contribution >= 0.6 is 0 Å². The Bertz CT molecular complexity index is 1390. The topological polar surface area (TPSA) is 109 Å². The van der Waals surface area contributed by atoms with Crippen molar-refractivity contribution in [2.75, 3.05) is 6.54 Å². The van der Waals surface area contributed by atoms with Gasteiger partial charge in [-0.15, -0.1) is 0 Å². The van der Waals surface area contributed by atoms with Crippen LogP contribution in [-0.4, -0.2) is 43.4 Å². The van der Waals surface area contributed by atoms with Gasteiger partial charge in [0.25, 0.3) is 0 Å². The highest BCUT2D eigenvalue weighted by Gasteiger charge is 2.31. The van der Waals surface area contributed by atoms with Crippen LogP contribution < -0.4 is 15.4 Å². The Hall–Kier alpha value is -3.17. The molecule has 1 aliphatic heterocycles. The molecule has 2 amide bonds. The molecule has 1 saturated carbocycles. The van der Waals surface area contributed by atoms with Crippen molar-refractivity contribution >= 4 is 32.7 Å². The second-order valence-electron chi connectivity index (χ2n) is 10.2. The number of nitrogens with one attached hydrogen (secondary N) is 3. The minimum atomic E-state index is -3.71. The van der Waals surface area contributed by atoms with Gasteiger partial charge in [-0.2, -0.15) is 0 Å². The van der Waals surface area contributed by atoms with Crippen LogP contribution in [0.3, 0.4) is 0 Å². The van der Waals surface area contributed by atoms with E-state index >= 15 is 0 Å². The Balaban J connectivity index is 1.22. The molecule has 2 aromatic carbocycles. The van der Waals surface area contributed by atoms with Crippen LogP contribution in [0.25, 0.3) is 22.2 Å². The number of nitrogens with zero attached hydrogens (tertiary/aromatic N) is 1. The summed E-state index contributed by atoms with van der Waals surface area (Å²) < 4.78 is 31.3. The lowest BCUT2D eigenvalue weighted by Crippen LogP contribution is -2.48. The van der Waals surface area contributed by atoms with Gasteiger partial charge < -0.3 is 15.2 Å². The van der Waals surface area contributed by atoms with Crippen molar-refractivity contribution in [3.05, 3.63) is 54.6 Å². The van der Waals surface area contributed by atoms with Gasteiger partial charge >= 0.3 is 0 Å². The lowest BCUT2D eigenvalue weighted by atomic mass is 9.85. The van der Waals surface area contributed by atoms with Crippen molar-refractivity contribution in [1.29, 1.82) is 0 Å². The van der Waals surface area contributed by atoms with E-state index in [1.54, 1.807) is 12.1 Å². The first-order valence-corrected chi connectivity index (χ1v) is 14.6. The van der Waals surface area contributed by atoms with Crippen LogP contribution in [0.5, 0.6) is 0 Å². The average Bonchev–Trinajstić information content (AvgIpc) is 3.10. The number of benzene rings is 2. The van der Waals surface area contributed by atoms with E-state index in [4.69, 9.17) is 0 Å². The molecule has 1 unspecified atom stereocenters. The van der Waals surface area contributed by atoms with E-state index in [1.165, 1.54) is 0 Å². The first-order valence-electron chi connectivity index (χ1n) is 13.1. The molecule has 1 aliphatic carbocycles. The molecular weight excluding hydrogens is 488 g/mol. The Morgan fingerprint density at radius 3 is 2.49 bits per heavy atom. The monoisotopic (exact) mass is 522 g/mol. The van der Waals surface area contributed by atoms with Crippen LogP contribution in [0.4, 0.5) is 0 Å². The average molecular weight is 523 g/mol. The molecule has 0 bridgehead atoms. The van der Waals surface area contributed by atoms with Gasteiger partial charge in [0, 0.05) is 42.1 Å². The maximum Gasteiger partial charge on any atom is 0.242 e. The molecule has 1 saturated heterocycles. The molecular formula is C28H34N4O4S. The van der Waals surface area contributed by atoms with E-state index in [0.29, 0.717) is 38.6 Å². The fourth-order valence-corrected chi connectivity index (χ4v) is 6.82. The molecule has 3 N–H and O–H groups in total. The van der Waals surface area contributed by atoms with E-state index in [9.17, 15) is 18.0 Å². The van der Waals surface area contributed by atoms with Crippen LogP contribution in [0.1, 0.15) is 44.9 Å². The molecule has 3 aromatic rings. The number of aromatic nitrogens is 1. The van der Waals surface area contributed by atoms with Gasteiger partial charge in [0.05, 0.1) is 4.90 Å². The van der Waals surface area contributed by atoms with Crippen LogP contribution in [-0.2, 0) is 26.7 Å². The number of hydrogen-bond acceptors (Lipinski definition) is 4. The van der Waals surface area contributed by atoms with E-state index in [1.807, 2.05) is 48.0 Å². The zero-order valence-corrected chi connectivity index (χ0v) is 21.9. The fourth-order valence-electron chi connectivity index (χ4n) is 5.49. The summed E-state index contributed by atoms with van der Waals surface area (Å²) in [6.07, 6.45) is 4.83. The summed E-state index contributed by atoms with van der Waals surface area (Å²) in [5.74, 6) is -0.418. The third kappa shape index (κ3) is 5.57. The zero-order valence-electron chi connectivity index (χ0n) is 21.1. The third-order valence-electron chi connectivity index (χ3n) is 7.67. The lowest BCUT2D eigenvalue weighted by molar-refractivity contribution is -0.131. The van der Waals surface area contributed by atoms with E-state index in [2.05, 4.69) is 21.4 Å². The van der Waals surface area contributed by atoms with E-state index in [-0.39, 0.29) is 28.7 Å². The molecule has 2 aliphatic rings. The number of hydrogen-bond donors (Lipinski definition) is 3. The molecule has 0 radical (unpaired) electrons. The van der Waals surface area contributed by atoms with Crippen molar-refractivity contribution in [2.24, 2.45) is 13.0 Å². The van der Waals surface area contributed by atoms with Crippen LogP contribution in [0.15, 0.2) is 59.5 Å². The van der Waals surface area contributed by atoms with E-state index in [0.717, 1.165) is 35.0 Å². The number of fused-ring (bicyclic) bond motifs is 1. The standard InChI is InChI=1S/C28H34N4O4S/c1-32-25(19-7-3-2-4-8-19)17-21-12-15-23(18-26(21)32)37(35,36)31-22-13-10-20(11-14-22)27(33)30-24-9-5-6-16-29-28(24)34/h2-4,7-8,12,15,17-18,20,22,24,31H,5-6,9-11,13-14,16H2,1H3,(H,29,34)(H,30,33). The zero-order chi connectivity index (χ0) is 26.0. The molecule has 5 rings (SSSR count). The Labute approximate surface area is 217 Å². The molecule has 9 heteroatoms. The molecule has 2 heterocycles. The van der Waals surface area contributed by atoms with Crippen molar-refractivity contribution < 1.29 is 18.0 Å². The number of aryl methyl sites for hydroxylation is 1. The van der Waals surface area contributed by atoms with Gasteiger partial charge in [-0.05, 0) is 68.7 Å². The molecule has 8 nitrogen and oxygen atoms in total. The van der Waals surface area contributed by atoms with E-state index < -0.39 is 16.1 Å². The minimum absolute atomic E-state index is 0.105. The van der Waals surface area contributed by atoms with Crippen LogP contribution in [0.2, 0.25) is 0 Å². The number of amides is 2. The largest absolute Gasteiger partial charge is 0.354 e. The predicted molar refractivity (Wildman–Crippen MR) is 143 cm³/mol. The molecule has 1 aromatic heterocycles. The quantitative estimate of drug-likeness (QED) is 0.461. The Morgan fingerprint density at radius 1 is 0.973 bits per heavy atom. The highest BCUT2D eigenvalue weighted by molar-refractivity contribution is 7.89. The smallest absolute Gasteiger partial charge is 0.242 e.